The fourth-order valence-corrected chi connectivity index (χ4v) is 1.11. The van der Waals surface area contributed by atoms with E-state index < -0.39 is 17.3 Å². The summed E-state index contributed by atoms with van der Waals surface area (Å²) in [6, 6.07) is 0.515. The van der Waals surface area contributed by atoms with Gasteiger partial charge in [0.25, 0.3) is 11.6 Å². The topological polar surface area (TPSA) is 108 Å². The second-order valence-corrected chi connectivity index (χ2v) is 3.49. The number of carbonyl (C=O) groups is 1. The smallest absolute Gasteiger partial charge is 0.329 e. The van der Waals surface area contributed by atoms with Gasteiger partial charge in [0.1, 0.15) is 6.67 Å². The number of amides is 2. The number of urea groups is 1. The molecule has 0 aromatic carbocycles. The van der Waals surface area contributed by atoms with Crippen LogP contribution < -0.4 is 11.2 Å². The number of carbonyl (C=O) groups excluding carboxylic acids is 2. The lowest BCUT2D eigenvalue weighted by Gasteiger charge is -2.20. The second-order valence-electron chi connectivity index (χ2n) is 3.49. The Morgan fingerprint density at radius 3 is 2.67 bits per heavy atom. The zero-order valence-electron chi connectivity index (χ0n) is 9.78. The summed E-state index contributed by atoms with van der Waals surface area (Å²) in [7, 11) is 2.93. The van der Waals surface area contributed by atoms with E-state index in [1.807, 2.05) is 4.98 Å². The van der Waals surface area contributed by atoms with Crippen molar-refractivity contribution < 1.29 is 9.59 Å². The van der Waals surface area contributed by atoms with Gasteiger partial charge in [-0.05, 0) is 0 Å². The van der Waals surface area contributed by atoms with E-state index in [0.29, 0.717) is 0 Å². The van der Waals surface area contributed by atoms with Crippen LogP contribution in [-0.4, -0.2) is 45.7 Å². The lowest BCUT2D eigenvalue weighted by molar-refractivity contribution is 0.157. The maximum Gasteiger partial charge on any atom is 0.342 e. The number of nitrogens with zero attached hydrogens (tertiary/aromatic N) is 4. The summed E-state index contributed by atoms with van der Waals surface area (Å²) < 4.78 is 1.02. The van der Waals surface area contributed by atoms with Gasteiger partial charge < -0.3 is 4.90 Å². The number of rotatable bonds is 3. The first-order valence-electron chi connectivity index (χ1n) is 4.82. The normalized spacial score (nSPS) is 9.44. The van der Waals surface area contributed by atoms with Crippen LogP contribution in [0.2, 0.25) is 0 Å². The maximum absolute atomic E-state index is 11.6. The van der Waals surface area contributed by atoms with Gasteiger partial charge in [-0.25, -0.2) is 14.4 Å². The van der Waals surface area contributed by atoms with Crippen molar-refractivity contribution in [3.05, 3.63) is 33.1 Å². The van der Waals surface area contributed by atoms with E-state index in [-0.39, 0.29) is 6.67 Å². The third-order valence-electron chi connectivity index (χ3n) is 1.95. The Kier molecular flexibility index (Phi) is 4.16. The molecule has 1 rings (SSSR count). The first-order chi connectivity index (χ1) is 8.45. The lowest BCUT2D eigenvalue weighted by Crippen LogP contribution is -2.40. The number of nitrogens with one attached hydrogen (secondary N) is 1. The number of hydrazone groups is 1. The Bertz CT molecular complexity index is 595. The van der Waals surface area contributed by atoms with Crippen molar-refractivity contribution in [2.45, 2.75) is 6.67 Å². The number of hydrogen-bond acceptors (Lipinski definition) is 5. The first-order valence-corrected chi connectivity index (χ1v) is 4.82. The predicted molar refractivity (Wildman–Crippen MR) is 60.4 cm³/mol. The Hall–Kier alpha value is -2.67. The third-order valence-corrected chi connectivity index (χ3v) is 1.95. The van der Waals surface area contributed by atoms with Crippen LogP contribution in [-0.2, 0) is 11.5 Å². The lowest BCUT2D eigenvalue weighted by atomic mass is 10.6. The molecule has 0 aliphatic rings. The van der Waals surface area contributed by atoms with Gasteiger partial charge in [0, 0.05) is 26.4 Å². The van der Waals surface area contributed by atoms with Crippen LogP contribution in [0.4, 0.5) is 4.79 Å². The van der Waals surface area contributed by atoms with E-state index in [4.69, 9.17) is 0 Å². The largest absolute Gasteiger partial charge is 0.342 e. The molecule has 0 aliphatic heterocycles. The molecule has 2 amide bonds. The molecule has 0 spiro atoms. The minimum atomic E-state index is -0.708. The first kappa shape index (κ1) is 13.4. The Balaban J connectivity index is 3.04. The molecule has 1 aromatic rings. The molecule has 0 unspecified atom stereocenters. The molecule has 18 heavy (non-hydrogen) atoms. The zero-order valence-corrected chi connectivity index (χ0v) is 9.78. The standard InChI is InChI=1S/C9H11N5O4/c1-12(2)9(18)14(10-5-15)6-13-4-3-7(16)11-8(13)17/h3-4H,6H2,1-2H3,(H,11,16,17). The molecule has 96 valence electrons. The molecule has 0 bridgehead atoms. The average Bonchev–Trinajstić information content (AvgIpc) is 2.30. The summed E-state index contributed by atoms with van der Waals surface area (Å²) >= 11 is 0. The highest BCUT2D eigenvalue weighted by atomic mass is 16.2. The average molecular weight is 253 g/mol. The van der Waals surface area contributed by atoms with Crippen molar-refractivity contribution in [3.63, 3.8) is 0 Å². The van der Waals surface area contributed by atoms with Crippen molar-refractivity contribution in [2.75, 3.05) is 14.1 Å². The van der Waals surface area contributed by atoms with Gasteiger partial charge >= 0.3 is 11.7 Å². The molecule has 0 fully saturated rings. The third kappa shape index (κ3) is 3.16. The van der Waals surface area contributed by atoms with Crippen molar-refractivity contribution in [1.29, 1.82) is 0 Å². The predicted octanol–water partition coefficient (Wildman–Crippen LogP) is -1.27. The highest BCUT2D eigenvalue weighted by Gasteiger charge is 2.15. The van der Waals surface area contributed by atoms with Crippen LogP contribution in [0.15, 0.2) is 27.0 Å². The summed E-state index contributed by atoms with van der Waals surface area (Å²) in [5.74, 6) is 0. The van der Waals surface area contributed by atoms with Crippen molar-refractivity contribution >= 4 is 12.1 Å². The molecule has 0 radical (unpaired) electrons. The van der Waals surface area contributed by atoms with E-state index in [1.54, 1.807) is 0 Å². The number of isocyanates is 1. The molecule has 0 atom stereocenters. The number of aromatic amines is 1. The summed E-state index contributed by atoms with van der Waals surface area (Å²) in [5, 5.41) is 3.93. The van der Waals surface area contributed by atoms with Crippen LogP contribution in [0, 0.1) is 0 Å². The molecule has 1 heterocycles. The molecule has 9 heteroatoms. The van der Waals surface area contributed by atoms with E-state index in [1.165, 1.54) is 31.3 Å². The van der Waals surface area contributed by atoms with Crippen LogP contribution in [0.25, 0.3) is 0 Å². The van der Waals surface area contributed by atoms with Crippen molar-refractivity contribution in [1.82, 2.24) is 19.5 Å². The number of H-pyrrole nitrogens is 1. The molecule has 0 saturated heterocycles. The quantitative estimate of drug-likeness (QED) is 0.411. The van der Waals surface area contributed by atoms with Gasteiger partial charge in [-0.2, -0.15) is 5.01 Å². The van der Waals surface area contributed by atoms with E-state index >= 15 is 0 Å². The van der Waals surface area contributed by atoms with E-state index in [9.17, 15) is 19.2 Å². The fraction of sp³-hybridized carbons (Fsp3) is 0.333. The van der Waals surface area contributed by atoms with Crippen molar-refractivity contribution in [3.8, 4) is 0 Å². The second kappa shape index (κ2) is 5.60. The Morgan fingerprint density at radius 2 is 2.17 bits per heavy atom. The molecular weight excluding hydrogens is 242 g/mol. The zero-order chi connectivity index (χ0) is 13.7. The summed E-state index contributed by atoms with van der Waals surface area (Å²) in [4.78, 5) is 47.3. The maximum atomic E-state index is 11.6. The van der Waals surface area contributed by atoms with Gasteiger partial charge in [-0.3, -0.25) is 14.3 Å². The monoisotopic (exact) mass is 253 g/mol. The van der Waals surface area contributed by atoms with Gasteiger partial charge in [0.2, 0.25) is 0 Å². The fourth-order valence-electron chi connectivity index (χ4n) is 1.11. The molecular formula is C9H11N5O4. The highest BCUT2D eigenvalue weighted by molar-refractivity contribution is 5.73. The van der Waals surface area contributed by atoms with Gasteiger partial charge in [-0.15, -0.1) is 0 Å². The molecule has 1 N–H and O–H groups in total. The summed E-state index contributed by atoms with van der Waals surface area (Å²) in [5.41, 5.74) is -1.26. The SMILES string of the molecule is CN(C)C(=O)N(Cn1ccc(=O)[nH]c1=O)N=C=O. The minimum Gasteiger partial charge on any atom is -0.329 e. The minimum absolute atomic E-state index is 0.304. The van der Waals surface area contributed by atoms with Crippen molar-refractivity contribution in [2.24, 2.45) is 5.10 Å². The van der Waals surface area contributed by atoms with Gasteiger partial charge in [0.05, 0.1) is 0 Å². The summed E-state index contributed by atoms with van der Waals surface area (Å²) in [6.07, 6.45) is 2.41. The Labute approximate surface area is 101 Å². The molecule has 0 aliphatic carbocycles. The van der Waals surface area contributed by atoms with E-state index in [2.05, 4.69) is 5.10 Å². The number of hydrogen-bond donors (Lipinski definition) is 1. The van der Waals surface area contributed by atoms with Crippen LogP contribution >= 0.6 is 0 Å². The highest BCUT2D eigenvalue weighted by Crippen LogP contribution is 1.97. The van der Waals surface area contributed by atoms with E-state index in [0.717, 1.165) is 15.6 Å². The van der Waals surface area contributed by atoms with Crippen LogP contribution in [0.1, 0.15) is 0 Å². The van der Waals surface area contributed by atoms with Gasteiger partial charge in [0.15, 0.2) is 0 Å². The number of aromatic nitrogens is 2. The molecule has 9 nitrogen and oxygen atoms in total. The van der Waals surface area contributed by atoms with Gasteiger partial charge in [-0.1, -0.05) is 5.10 Å². The molecule has 0 saturated carbocycles. The summed E-state index contributed by atoms with van der Waals surface area (Å²) in [6.45, 7) is -0.304. The molecule has 1 aromatic heterocycles. The Morgan fingerprint density at radius 1 is 1.50 bits per heavy atom. The van der Waals surface area contributed by atoms with Crippen LogP contribution in [0.5, 0.6) is 0 Å². The van der Waals surface area contributed by atoms with Crippen LogP contribution in [0.3, 0.4) is 0 Å².